The van der Waals surface area contributed by atoms with E-state index in [1.165, 1.54) is 5.56 Å². The minimum absolute atomic E-state index is 0.0449. The summed E-state index contributed by atoms with van der Waals surface area (Å²) in [5, 5.41) is 3.07. The number of hydrogen-bond donors (Lipinski definition) is 1. The number of para-hydroxylation sites is 2. The van der Waals surface area contributed by atoms with E-state index in [4.69, 9.17) is 9.47 Å². The molecule has 2 fully saturated rings. The van der Waals surface area contributed by atoms with E-state index in [0.717, 1.165) is 26.1 Å². The number of nitrogens with zero attached hydrogens (tertiary/aromatic N) is 2. The number of carbonyl (C=O) groups is 1. The second-order valence-corrected chi connectivity index (χ2v) is 8.30. The Morgan fingerprint density at radius 3 is 2.60 bits per heavy atom. The summed E-state index contributed by atoms with van der Waals surface area (Å²) in [5.41, 5.74) is 2.01. The monoisotopic (exact) mass is 409 g/mol. The maximum Gasteiger partial charge on any atom is 0.322 e. The maximum absolute atomic E-state index is 13.1. The van der Waals surface area contributed by atoms with Crippen LogP contribution in [0, 0.1) is 0 Å². The maximum atomic E-state index is 13.1. The Kier molecular flexibility index (Phi) is 6.55. The van der Waals surface area contributed by atoms with E-state index >= 15 is 0 Å². The summed E-state index contributed by atoms with van der Waals surface area (Å²) in [6.07, 6.45) is 0.920. The molecule has 0 aromatic heterocycles. The molecule has 0 bridgehead atoms. The van der Waals surface area contributed by atoms with Crippen LogP contribution in [0.15, 0.2) is 54.6 Å². The molecule has 2 aromatic rings. The van der Waals surface area contributed by atoms with Gasteiger partial charge in [0.2, 0.25) is 0 Å². The predicted octanol–water partition coefficient (Wildman–Crippen LogP) is 3.98. The molecule has 2 aliphatic rings. The second-order valence-electron chi connectivity index (χ2n) is 8.30. The van der Waals surface area contributed by atoms with Gasteiger partial charge in [0.1, 0.15) is 11.9 Å². The molecule has 30 heavy (non-hydrogen) atoms. The van der Waals surface area contributed by atoms with Crippen molar-refractivity contribution < 1.29 is 14.3 Å². The molecule has 0 radical (unpaired) electrons. The van der Waals surface area contributed by atoms with Gasteiger partial charge in [-0.25, -0.2) is 4.79 Å². The molecule has 0 spiro atoms. The molecule has 3 atom stereocenters. The number of carbonyl (C=O) groups excluding carboxylic acids is 1. The standard InChI is InChI=1S/C24H31N3O3/c1-18-15-27(19(2)14-26(18)16-20-8-4-3-5-9-20)24(28)25-22-10-6-7-11-23(22)30-21-12-13-29-17-21/h3-11,18-19,21H,12-17H2,1-2H3,(H,25,28)/t18-,19-,21+/m1/s1. The van der Waals surface area contributed by atoms with Crippen LogP contribution >= 0.6 is 0 Å². The van der Waals surface area contributed by atoms with E-state index in [2.05, 4.69) is 48.3 Å². The van der Waals surface area contributed by atoms with Crippen molar-refractivity contribution in [2.24, 2.45) is 0 Å². The van der Waals surface area contributed by atoms with E-state index in [1.54, 1.807) is 0 Å². The third-order valence-corrected chi connectivity index (χ3v) is 5.91. The topological polar surface area (TPSA) is 54.0 Å². The van der Waals surface area contributed by atoms with Crippen molar-refractivity contribution in [3.05, 3.63) is 60.2 Å². The fourth-order valence-electron chi connectivity index (χ4n) is 4.16. The van der Waals surface area contributed by atoms with Crippen LogP contribution in [-0.2, 0) is 11.3 Å². The average molecular weight is 410 g/mol. The van der Waals surface area contributed by atoms with Crippen LogP contribution in [0.5, 0.6) is 5.75 Å². The summed E-state index contributed by atoms with van der Waals surface area (Å²) in [4.78, 5) is 17.5. The Balaban J connectivity index is 1.38. The number of urea groups is 1. The van der Waals surface area contributed by atoms with Crippen molar-refractivity contribution in [2.45, 2.75) is 45.0 Å². The van der Waals surface area contributed by atoms with Crippen LogP contribution < -0.4 is 10.1 Å². The first-order chi connectivity index (χ1) is 14.6. The average Bonchev–Trinajstić information content (AvgIpc) is 3.26. The van der Waals surface area contributed by atoms with Crippen LogP contribution in [0.2, 0.25) is 0 Å². The molecular weight excluding hydrogens is 378 g/mol. The van der Waals surface area contributed by atoms with Gasteiger partial charge in [-0.05, 0) is 31.5 Å². The molecule has 2 amide bonds. The lowest BCUT2D eigenvalue weighted by Crippen LogP contribution is -2.58. The number of piperazine rings is 1. The van der Waals surface area contributed by atoms with Crippen molar-refractivity contribution in [1.29, 1.82) is 0 Å². The number of nitrogens with one attached hydrogen (secondary N) is 1. The minimum atomic E-state index is -0.0765. The largest absolute Gasteiger partial charge is 0.486 e. The Labute approximate surface area is 178 Å². The highest BCUT2D eigenvalue weighted by Crippen LogP contribution is 2.28. The summed E-state index contributed by atoms with van der Waals surface area (Å²) in [6, 6.07) is 18.5. The molecule has 4 rings (SSSR count). The molecule has 0 aliphatic carbocycles. The quantitative estimate of drug-likeness (QED) is 0.812. The lowest BCUT2D eigenvalue weighted by Gasteiger charge is -2.44. The van der Waals surface area contributed by atoms with Crippen molar-refractivity contribution in [3.63, 3.8) is 0 Å². The molecule has 2 saturated heterocycles. The van der Waals surface area contributed by atoms with E-state index in [-0.39, 0.29) is 24.2 Å². The Hall–Kier alpha value is -2.57. The SMILES string of the molecule is C[C@@H]1CN(C(=O)Nc2ccccc2O[C@H]2CCOC2)[C@H](C)CN1Cc1ccccc1. The van der Waals surface area contributed by atoms with Gasteiger partial charge in [0, 0.05) is 38.1 Å². The lowest BCUT2D eigenvalue weighted by molar-refractivity contribution is 0.0626. The van der Waals surface area contributed by atoms with Crippen molar-refractivity contribution >= 4 is 11.7 Å². The van der Waals surface area contributed by atoms with Crippen molar-refractivity contribution in [2.75, 3.05) is 31.6 Å². The fraction of sp³-hybridized carbons (Fsp3) is 0.458. The summed E-state index contributed by atoms with van der Waals surface area (Å²) < 4.78 is 11.5. The zero-order chi connectivity index (χ0) is 20.9. The fourth-order valence-corrected chi connectivity index (χ4v) is 4.16. The van der Waals surface area contributed by atoms with Crippen LogP contribution in [0.25, 0.3) is 0 Å². The van der Waals surface area contributed by atoms with Gasteiger partial charge < -0.3 is 19.7 Å². The molecule has 160 valence electrons. The lowest BCUT2D eigenvalue weighted by atomic mass is 10.1. The smallest absolute Gasteiger partial charge is 0.322 e. The highest BCUT2D eigenvalue weighted by Gasteiger charge is 2.32. The normalized spacial score (nSPS) is 24.6. The summed E-state index contributed by atoms with van der Waals surface area (Å²) >= 11 is 0. The number of benzene rings is 2. The van der Waals surface area contributed by atoms with Gasteiger partial charge in [-0.15, -0.1) is 0 Å². The number of anilines is 1. The first kappa shape index (κ1) is 20.7. The molecule has 2 aliphatic heterocycles. The highest BCUT2D eigenvalue weighted by molar-refractivity contribution is 5.91. The van der Waals surface area contributed by atoms with Gasteiger partial charge in [0.15, 0.2) is 0 Å². The van der Waals surface area contributed by atoms with E-state index in [9.17, 15) is 4.79 Å². The van der Waals surface area contributed by atoms with Gasteiger partial charge in [0.05, 0.1) is 18.9 Å². The number of ether oxygens (including phenoxy) is 2. The predicted molar refractivity (Wildman–Crippen MR) is 118 cm³/mol. The van der Waals surface area contributed by atoms with E-state index in [0.29, 0.717) is 24.6 Å². The minimum Gasteiger partial charge on any atom is -0.486 e. The summed E-state index contributed by atoms with van der Waals surface area (Å²) in [6.45, 7) is 8.07. The van der Waals surface area contributed by atoms with Gasteiger partial charge in [0.25, 0.3) is 0 Å². The molecule has 1 N–H and O–H groups in total. The molecule has 2 heterocycles. The molecule has 2 aromatic carbocycles. The zero-order valence-electron chi connectivity index (χ0n) is 17.8. The summed E-state index contributed by atoms with van der Waals surface area (Å²) in [5.74, 6) is 0.699. The first-order valence-electron chi connectivity index (χ1n) is 10.8. The third kappa shape index (κ3) is 4.94. The Morgan fingerprint density at radius 2 is 1.83 bits per heavy atom. The van der Waals surface area contributed by atoms with Gasteiger partial charge in [-0.1, -0.05) is 42.5 Å². The van der Waals surface area contributed by atoms with E-state index < -0.39 is 0 Å². The molecule has 0 saturated carbocycles. The number of amides is 2. The van der Waals surface area contributed by atoms with Crippen LogP contribution in [0.4, 0.5) is 10.5 Å². The van der Waals surface area contributed by atoms with Crippen molar-refractivity contribution in [1.82, 2.24) is 9.80 Å². The number of hydrogen-bond acceptors (Lipinski definition) is 4. The first-order valence-corrected chi connectivity index (χ1v) is 10.8. The Morgan fingerprint density at radius 1 is 1.07 bits per heavy atom. The van der Waals surface area contributed by atoms with Crippen LogP contribution in [0.3, 0.4) is 0 Å². The van der Waals surface area contributed by atoms with Gasteiger partial charge in [-0.3, -0.25) is 4.90 Å². The molecule has 6 heteroatoms. The van der Waals surface area contributed by atoms with Crippen LogP contribution in [-0.4, -0.2) is 60.3 Å². The third-order valence-electron chi connectivity index (χ3n) is 5.91. The Bertz CT molecular complexity index is 839. The second kappa shape index (κ2) is 9.49. The highest BCUT2D eigenvalue weighted by atomic mass is 16.5. The molecule has 0 unspecified atom stereocenters. The van der Waals surface area contributed by atoms with Gasteiger partial charge >= 0.3 is 6.03 Å². The summed E-state index contributed by atoms with van der Waals surface area (Å²) in [7, 11) is 0. The molecule has 6 nitrogen and oxygen atoms in total. The number of rotatable bonds is 5. The van der Waals surface area contributed by atoms with Crippen molar-refractivity contribution in [3.8, 4) is 5.75 Å². The zero-order valence-corrected chi connectivity index (χ0v) is 17.8. The van der Waals surface area contributed by atoms with E-state index in [1.807, 2.05) is 35.2 Å². The molecular formula is C24H31N3O3. The van der Waals surface area contributed by atoms with Gasteiger partial charge in [-0.2, -0.15) is 0 Å². The van der Waals surface area contributed by atoms with Crippen LogP contribution in [0.1, 0.15) is 25.8 Å².